The van der Waals surface area contributed by atoms with E-state index in [9.17, 15) is 0 Å². The van der Waals surface area contributed by atoms with E-state index in [1.165, 1.54) is 0 Å². The monoisotopic (exact) mass is 237 g/mol. The van der Waals surface area contributed by atoms with Crippen molar-refractivity contribution < 1.29 is 4.74 Å². The molecule has 1 aromatic heterocycles. The van der Waals surface area contributed by atoms with Crippen molar-refractivity contribution >= 4 is 26.7 Å². The molecule has 0 aliphatic heterocycles. The number of rotatable bonds is 1. The number of methoxy groups -OCH3 is 1. The number of nitrogens with zero attached hydrogens (tertiary/aromatic N) is 1. The molecule has 0 aliphatic rings. The lowest BCUT2D eigenvalue weighted by molar-refractivity contribution is 0.415. The Hall–Kier alpha value is -1.09. The molecule has 2 nitrogen and oxygen atoms in total. The Kier molecular flexibility index (Phi) is 2.19. The predicted molar refractivity (Wildman–Crippen MR) is 56.0 cm³/mol. The van der Waals surface area contributed by atoms with Crippen LogP contribution in [0.15, 0.2) is 35.1 Å². The van der Waals surface area contributed by atoms with Gasteiger partial charge < -0.3 is 4.74 Å². The first-order valence-electron chi connectivity index (χ1n) is 3.89. The molecular weight excluding hydrogens is 230 g/mol. The van der Waals surface area contributed by atoms with Gasteiger partial charge in [-0.2, -0.15) is 0 Å². The summed E-state index contributed by atoms with van der Waals surface area (Å²) in [6.45, 7) is 0. The van der Waals surface area contributed by atoms with Gasteiger partial charge in [-0.25, -0.2) is 4.98 Å². The number of pyridine rings is 1. The van der Waals surface area contributed by atoms with E-state index < -0.39 is 0 Å². The standard InChI is InChI=1S/C10H8BrNO/c1-13-9-3-2-7-5-10(11)12-6-8(7)4-9/h2-6H,1H3. The van der Waals surface area contributed by atoms with Gasteiger partial charge in [0.05, 0.1) is 7.11 Å². The lowest BCUT2D eigenvalue weighted by Gasteiger charge is -2.01. The van der Waals surface area contributed by atoms with Crippen molar-refractivity contribution in [2.24, 2.45) is 0 Å². The van der Waals surface area contributed by atoms with Crippen molar-refractivity contribution in [2.75, 3.05) is 7.11 Å². The maximum Gasteiger partial charge on any atom is 0.119 e. The molecule has 1 heterocycles. The smallest absolute Gasteiger partial charge is 0.119 e. The molecule has 0 N–H and O–H groups in total. The van der Waals surface area contributed by atoms with Gasteiger partial charge in [-0.15, -0.1) is 0 Å². The molecule has 0 atom stereocenters. The van der Waals surface area contributed by atoms with Crippen LogP contribution in [0.1, 0.15) is 0 Å². The van der Waals surface area contributed by atoms with E-state index in [-0.39, 0.29) is 0 Å². The van der Waals surface area contributed by atoms with E-state index in [2.05, 4.69) is 20.9 Å². The number of aromatic nitrogens is 1. The summed E-state index contributed by atoms with van der Waals surface area (Å²) < 4.78 is 5.97. The molecule has 0 amide bonds. The molecule has 0 spiro atoms. The molecule has 0 saturated carbocycles. The van der Waals surface area contributed by atoms with Crippen molar-refractivity contribution in [1.82, 2.24) is 4.98 Å². The minimum atomic E-state index is 0.852. The molecule has 0 radical (unpaired) electrons. The summed E-state index contributed by atoms with van der Waals surface area (Å²) in [6, 6.07) is 7.90. The first-order chi connectivity index (χ1) is 6.29. The van der Waals surface area contributed by atoms with Gasteiger partial charge in [-0.05, 0) is 39.5 Å². The highest BCUT2D eigenvalue weighted by Crippen LogP contribution is 2.21. The molecule has 3 heteroatoms. The number of hydrogen-bond donors (Lipinski definition) is 0. The van der Waals surface area contributed by atoms with E-state index in [1.54, 1.807) is 7.11 Å². The van der Waals surface area contributed by atoms with Crippen molar-refractivity contribution in [3.05, 3.63) is 35.1 Å². The Morgan fingerprint density at radius 2 is 2.08 bits per heavy atom. The van der Waals surface area contributed by atoms with Crippen molar-refractivity contribution in [3.63, 3.8) is 0 Å². The molecular formula is C10H8BrNO. The fourth-order valence-electron chi connectivity index (χ4n) is 1.22. The lowest BCUT2D eigenvalue weighted by atomic mass is 10.2. The van der Waals surface area contributed by atoms with Crippen LogP contribution in [0, 0.1) is 0 Å². The maximum atomic E-state index is 5.11. The van der Waals surface area contributed by atoms with Crippen molar-refractivity contribution in [1.29, 1.82) is 0 Å². The molecule has 1 aromatic carbocycles. The molecule has 2 aromatic rings. The van der Waals surface area contributed by atoms with Gasteiger partial charge >= 0.3 is 0 Å². The number of benzene rings is 1. The maximum absolute atomic E-state index is 5.11. The third-order valence-corrected chi connectivity index (χ3v) is 2.33. The van der Waals surface area contributed by atoms with Crippen LogP contribution in [-0.4, -0.2) is 12.1 Å². The summed E-state index contributed by atoms with van der Waals surface area (Å²) in [5.41, 5.74) is 0. The fraction of sp³-hybridized carbons (Fsp3) is 0.100. The summed E-state index contributed by atoms with van der Waals surface area (Å²) in [6.07, 6.45) is 1.82. The van der Waals surface area contributed by atoms with E-state index in [4.69, 9.17) is 4.74 Å². The molecule has 13 heavy (non-hydrogen) atoms. The first kappa shape index (κ1) is 8.51. The zero-order valence-corrected chi connectivity index (χ0v) is 8.71. The molecule has 0 fully saturated rings. The molecule has 0 bridgehead atoms. The summed E-state index contributed by atoms with van der Waals surface area (Å²) >= 11 is 3.33. The molecule has 0 aliphatic carbocycles. The van der Waals surface area contributed by atoms with Gasteiger partial charge in [0.25, 0.3) is 0 Å². The van der Waals surface area contributed by atoms with Gasteiger partial charge in [0.1, 0.15) is 10.4 Å². The quantitative estimate of drug-likeness (QED) is 0.712. The molecule has 66 valence electrons. The molecule has 0 unspecified atom stereocenters. The Morgan fingerprint density at radius 1 is 1.23 bits per heavy atom. The number of fused-ring (bicyclic) bond motifs is 1. The lowest BCUT2D eigenvalue weighted by Crippen LogP contribution is -1.83. The van der Waals surface area contributed by atoms with Crippen LogP contribution in [0.3, 0.4) is 0 Å². The highest BCUT2D eigenvalue weighted by atomic mass is 79.9. The molecule has 2 rings (SSSR count). The Balaban J connectivity index is 2.66. The van der Waals surface area contributed by atoms with Gasteiger partial charge in [-0.1, -0.05) is 6.07 Å². The summed E-state index contributed by atoms with van der Waals surface area (Å²) in [4.78, 5) is 4.14. The minimum Gasteiger partial charge on any atom is -0.497 e. The van der Waals surface area contributed by atoms with Crippen LogP contribution in [0.25, 0.3) is 10.8 Å². The second kappa shape index (κ2) is 3.34. The van der Waals surface area contributed by atoms with Crippen molar-refractivity contribution in [2.45, 2.75) is 0 Å². The van der Waals surface area contributed by atoms with Gasteiger partial charge in [0.2, 0.25) is 0 Å². The van der Waals surface area contributed by atoms with Crippen LogP contribution in [0.5, 0.6) is 5.75 Å². The van der Waals surface area contributed by atoms with Gasteiger partial charge in [0, 0.05) is 11.6 Å². The van der Waals surface area contributed by atoms with Crippen LogP contribution < -0.4 is 4.74 Å². The zero-order valence-electron chi connectivity index (χ0n) is 7.12. The highest BCUT2D eigenvalue weighted by Gasteiger charge is 1.97. The zero-order chi connectivity index (χ0) is 9.26. The second-order valence-electron chi connectivity index (χ2n) is 2.72. The summed E-state index contributed by atoms with van der Waals surface area (Å²) in [5, 5.41) is 2.24. The highest BCUT2D eigenvalue weighted by molar-refractivity contribution is 9.10. The Labute approximate surface area is 84.7 Å². The summed E-state index contributed by atoms with van der Waals surface area (Å²) in [7, 11) is 1.66. The first-order valence-corrected chi connectivity index (χ1v) is 4.68. The average Bonchev–Trinajstić information content (AvgIpc) is 2.17. The second-order valence-corrected chi connectivity index (χ2v) is 3.53. The van der Waals surface area contributed by atoms with Gasteiger partial charge in [0.15, 0.2) is 0 Å². The van der Waals surface area contributed by atoms with E-state index >= 15 is 0 Å². The van der Waals surface area contributed by atoms with Gasteiger partial charge in [-0.3, -0.25) is 0 Å². The van der Waals surface area contributed by atoms with E-state index in [1.807, 2.05) is 30.5 Å². The van der Waals surface area contributed by atoms with E-state index in [0.29, 0.717) is 0 Å². The van der Waals surface area contributed by atoms with Crippen LogP contribution >= 0.6 is 15.9 Å². The number of hydrogen-bond acceptors (Lipinski definition) is 2. The Bertz CT molecular complexity index is 442. The Morgan fingerprint density at radius 3 is 2.85 bits per heavy atom. The summed E-state index contributed by atoms with van der Waals surface area (Å²) in [5.74, 6) is 0.858. The topological polar surface area (TPSA) is 22.1 Å². The average molecular weight is 238 g/mol. The van der Waals surface area contributed by atoms with Crippen molar-refractivity contribution in [3.8, 4) is 5.75 Å². The molecule has 0 saturated heterocycles. The third kappa shape index (κ3) is 1.65. The largest absolute Gasteiger partial charge is 0.497 e. The third-order valence-electron chi connectivity index (χ3n) is 1.90. The van der Waals surface area contributed by atoms with Crippen LogP contribution in [0.4, 0.5) is 0 Å². The fourth-order valence-corrected chi connectivity index (χ4v) is 1.57. The minimum absolute atomic E-state index is 0.852. The van der Waals surface area contributed by atoms with E-state index in [0.717, 1.165) is 21.1 Å². The predicted octanol–water partition coefficient (Wildman–Crippen LogP) is 3.01. The number of ether oxygens (including phenoxy) is 1. The van der Waals surface area contributed by atoms with Crippen LogP contribution in [0.2, 0.25) is 0 Å². The SMILES string of the molecule is COc1ccc2cc(Br)ncc2c1. The van der Waals surface area contributed by atoms with Crippen LogP contribution in [-0.2, 0) is 0 Å². The number of halogens is 1. The normalized spacial score (nSPS) is 10.3.